The second-order valence-electron chi connectivity index (χ2n) is 5.28. The van der Waals surface area contributed by atoms with Crippen molar-refractivity contribution in [3.8, 4) is 5.75 Å². The fourth-order valence-electron chi connectivity index (χ4n) is 2.49. The monoisotopic (exact) mass is 332 g/mol. The van der Waals surface area contributed by atoms with E-state index in [1.165, 1.54) is 25.3 Å². The molecular weight excluding hydrogens is 311 g/mol. The van der Waals surface area contributed by atoms with Gasteiger partial charge in [-0.2, -0.15) is 0 Å². The molecule has 0 aromatic heterocycles. The van der Waals surface area contributed by atoms with E-state index in [2.05, 4.69) is 5.32 Å². The van der Waals surface area contributed by atoms with Crippen molar-refractivity contribution in [3.05, 3.63) is 29.6 Å². The van der Waals surface area contributed by atoms with Gasteiger partial charge in [-0.25, -0.2) is 9.18 Å². The molecule has 1 fully saturated rings. The van der Waals surface area contributed by atoms with E-state index in [0.29, 0.717) is 11.3 Å². The fourth-order valence-corrected chi connectivity index (χ4v) is 2.49. The molecule has 1 aliphatic heterocycles. The topological polar surface area (TPSA) is 50.8 Å². The first-order chi connectivity index (χ1) is 10.0. The number of ether oxygens (including phenoxy) is 2. The van der Waals surface area contributed by atoms with Gasteiger partial charge in [0, 0.05) is 30.7 Å². The van der Waals surface area contributed by atoms with Gasteiger partial charge in [-0.1, -0.05) is 0 Å². The van der Waals surface area contributed by atoms with E-state index in [1.807, 2.05) is 13.8 Å². The summed E-state index contributed by atoms with van der Waals surface area (Å²) in [5, 5.41) is 3.24. The van der Waals surface area contributed by atoms with Gasteiger partial charge in [0.15, 0.2) is 0 Å². The van der Waals surface area contributed by atoms with E-state index in [1.54, 1.807) is 4.90 Å². The molecule has 0 saturated carbocycles. The normalized spacial score (nSPS) is 21.0. The third kappa shape index (κ3) is 4.24. The lowest BCUT2D eigenvalue weighted by Crippen LogP contribution is -2.57. The molecule has 22 heavy (non-hydrogen) atoms. The van der Waals surface area contributed by atoms with Gasteiger partial charge in [0.25, 0.3) is 0 Å². The number of piperazine rings is 1. The van der Waals surface area contributed by atoms with Crippen LogP contribution in [0, 0.1) is 5.82 Å². The first kappa shape index (κ1) is 18.5. The maximum Gasteiger partial charge on any atom is 0.410 e. The molecule has 2 unspecified atom stereocenters. The Bertz CT molecular complexity index is 506. The van der Waals surface area contributed by atoms with Crippen molar-refractivity contribution in [2.75, 3.05) is 20.2 Å². The third-order valence-corrected chi connectivity index (χ3v) is 3.64. The summed E-state index contributed by atoms with van der Waals surface area (Å²) < 4.78 is 24.0. The van der Waals surface area contributed by atoms with Gasteiger partial charge in [-0.05, 0) is 32.0 Å². The van der Waals surface area contributed by atoms with Gasteiger partial charge in [-0.15, -0.1) is 12.4 Å². The lowest BCUT2D eigenvalue weighted by molar-refractivity contribution is 0.0557. The minimum absolute atomic E-state index is 0. The molecule has 1 N–H and O–H groups in total. The van der Waals surface area contributed by atoms with Gasteiger partial charge in [0.05, 0.1) is 7.11 Å². The zero-order chi connectivity index (χ0) is 15.4. The van der Waals surface area contributed by atoms with Crippen LogP contribution in [-0.4, -0.2) is 43.3 Å². The Labute approximate surface area is 136 Å². The van der Waals surface area contributed by atoms with E-state index in [4.69, 9.17) is 9.47 Å². The molecule has 5 nitrogen and oxygen atoms in total. The maximum atomic E-state index is 13.7. The first-order valence-electron chi connectivity index (χ1n) is 7.01. The fraction of sp³-hybridized carbons (Fsp3) is 0.533. The standard InChI is InChI=1S/C15H21FN2O3.ClH/c1-10-7-17-8-11(2)18(10)15(19)21-9-12-6-13(20-3)4-5-14(12)16;/h4-6,10-11,17H,7-9H2,1-3H3;1H. The number of benzene rings is 1. The van der Waals surface area contributed by atoms with Crippen LogP contribution < -0.4 is 10.1 Å². The quantitative estimate of drug-likeness (QED) is 0.924. The van der Waals surface area contributed by atoms with Gasteiger partial charge >= 0.3 is 6.09 Å². The summed E-state index contributed by atoms with van der Waals surface area (Å²) in [7, 11) is 1.51. The number of carbonyl (C=O) groups is 1. The first-order valence-corrected chi connectivity index (χ1v) is 7.01. The number of amides is 1. The van der Waals surface area contributed by atoms with Crippen molar-refractivity contribution in [1.29, 1.82) is 0 Å². The Hall–Kier alpha value is -1.53. The highest BCUT2D eigenvalue weighted by molar-refractivity contribution is 5.85. The van der Waals surface area contributed by atoms with Crippen LogP contribution in [0.3, 0.4) is 0 Å². The summed E-state index contributed by atoms with van der Waals surface area (Å²) in [5.41, 5.74) is 0.304. The van der Waals surface area contributed by atoms with Gasteiger partial charge in [0.1, 0.15) is 18.2 Å². The van der Waals surface area contributed by atoms with Crippen LogP contribution in [0.5, 0.6) is 5.75 Å². The number of nitrogens with zero attached hydrogens (tertiary/aromatic N) is 1. The Morgan fingerprint density at radius 3 is 2.59 bits per heavy atom. The zero-order valence-corrected chi connectivity index (χ0v) is 13.8. The summed E-state index contributed by atoms with van der Waals surface area (Å²) in [6.07, 6.45) is -0.418. The molecule has 0 aliphatic carbocycles. The van der Waals surface area contributed by atoms with Crippen LogP contribution in [0.4, 0.5) is 9.18 Å². The Balaban J connectivity index is 0.00000242. The van der Waals surface area contributed by atoms with Crippen LogP contribution in [0.25, 0.3) is 0 Å². The number of rotatable bonds is 3. The zero-order valence-electron chi connectivity index (χ0n) is 13.0. The SMILES string of the molecule is COc1ccc(F)c(COC(=O)N2C(C)CNCC2C)c1.Cl. The Morgan fingerprint density at radius 1 is 1.36 bits per heavy atom. The number of hydrogen-bond donors (Lipinski definition) is 1. The Morgan fingerprint density at radius 2 is 2.00 bits per heavy atom. The molecule has 124 valence electrons. The Kier molecular flexibility index (Phi) is 6.90. The molecule has 1 aromatic carbocycles. The van der Waals surface area contributed by atoms with Crippen LogP contribution in [-0.2, 0) is 11.3 Å². The summed E-state index contributed by atoms with van der Waals surface area (Å²) >= 11 is 0. The molecule has 2 rings (SSSR count). The number of methoxy groups -OCH3 is 1. The van der Waals surface area contributed by atoms with Gasteiger partial charge in [0.2, 0.25) is 0 Å². The third-order valence-electron chi connectivity index (χ3n) is 3.64. The van der Waals surface area contributed by atoms with Crippen LogP contribution in [0.2, 0.25) is 0 Å². The smallest absolute Gasteiger partial charge is 0.410 e. The van der Waals surface area contributed by atoms with Crippen molar-refractivity contribution in [3.63, 3.8) is 0 Å². The highest BCUT2D eigenvalue weighted by Gasteiger charge is 2.30. The van der Waals surface area contributed by atoms with Crippen molar-refractivity contribution < 1.29 is 18.7 Å². The summed E-state index contributed by atoms with van der Waals surface area (Å²) in [4.78, 5) is 13.9. The molecule has 1 saturated heterocycles. The largest absolute Gasteiger partial charge is 0.497 e. The molecule has 0 bridgehead atoms. The van der Waals surface area contributed by atoms with Crippen molar-refractivity contribution in [2.45, 2.75) is 32.5 Å². The maximum absolute atomic E-state index is 13.7. The summed E-state index contributed by atoms with van der Waals surface area (Å²) in [6.45, 7) is 5.26. The van der Waals surface area contributed by atoms with Crippen LogP contribution in [0.1, 0.15) is 19.4 Å². The molecule has 7 heteroatoms. The number of hydrogen-bond acceptors (Lipinski definition) is 4. The lowest BCUT2D eigenvalue weighted by atomic mass is 10.1. The summed E-state index contributed by atoms with van der Waals surface area (Å²) in [5.74, 6) is 0.122. The van der Waals surface area contributed by atoms with Gasteiger partial charge in [-0.3, -0.25) is 0 Å². The highest BCUT2D eigenvalue weighted by atomic mass is 35.5. The van der Waals surface area contributed by atoms with Crippen LogP contribution in [0.15, 0.2) is 18.2 Å². The average molecular weight is 333 g/mol. The minimum Gasteiger partial charge on any atom is -0.497 e. The molecular formula is C15H22ClFN2O3. The molecule has 0 radical (unpaired) electrons. The predicted octanol–water partition coefficient (Wildman–Crippen LogP) is 2.57. The predicted molar refractivity (Wildman–Crippen MR) is 84.0 cm³/mol. The molecule has 1 heterocycles. The van der Waals surface area contributed by atoms with Crippen molar-refractivity contribution in [2.24, 2.45) is 0 Å². The van der Waals surface area contributed by atoms with E-state index >= 15 is 0 Å². The molecule has 0 spiro atoms. The van der Waals surface area contributed by atoms with E-state index in [-0.39, 0.29) is 31.1 Å². The van der Waals surface area contributed by atoms with Crippen molar-refractivity contribution in [1.82, 2.24) is 10.2 Å². The highest BCUT2D eigenvalue weighted by Crippen LogP contribution is 2.18. The average Bonchev–Trinajstić information content (AvgIpc) is 2.46. The molecule has 1 aliphatic rings. The van der Waals surface area contributed by atoms with Crippen molar-refractivity contribution >= 4 is 18.5 Å². The number of nitrogens with one attached hydrogen (secondary N) is 1. The second kappa shape index (κ2) is 8.19. The van der Waals surface area contributed by atoms with Gasteiger partial charge < -0.3 is 19.7 Å². The van der Waals surface area contributed by atoms with E-state index in [0.717, 1.165) is 13.1 Å². The number of halogens is 2. The second-order valence-corrected chi connectivity index (χ2v) is 5.28. The minimum atomic E-state index is -0.418. The number of carbonyl (C=O) groups excluding carboxylic acids is 1. The summed E-state index contributed by atoms with van der Waals surface area (Å²) in [6, 6.07) is 4.47. The molecule has 2 atom stereocenters. The van der Waals surface area contributed by atoms with E-state index < -0.39 is 11.9 Å². The molecule has 1 amide bonds. The van der Waals surface area contributed by atoms with Crippen LogP contribution >= 0.6 is 12.4 Å². The molecule has 1 aromatic rings. The van der Waals surface area contributed by atoms with E-state index in [9.17, 15) is 9.18 Å². The lowest BCUT2D eigenvalue weighted by Gasteiger charge is -2.38.